The monoisotopic (exact) mass is 566 g/mol. The SMILES string of the molecule is CC1C(Br)C(=O)C(F)=C2C(Br)(CBr)C[C@@H]3[C@@H](CC[C@]4(C)C(=O)CC[C@@H]34)[C@]21C. The van der Waals surface area contributed by atoms with E-state index in [0.717, 1.165) is 25.7 Å². The third kappa shape index (κ3) is 2.50. The molecule has 4 rings (SSSR count). The summed E-state index contributed by atoms with van der Waals surface area (Å²) in [4.78, 5) is 24.8. The van der Waals surface area contributed by atoms with E-state index in [-0.39, 0.29) is 11.3 Å². The minimum absolute atomic E-state index is 0.00438. The fraction of sp³-hybridized carbons (Fsp3) is 0.810. The van der Waals surface area contributed by atoms with Gasteiger partial charge in [0.25, 0.3) is 0 Å². The first-order valence-electron chi connectivity index (χ1n) is 9.89. The third-order valence-corrected chi connectivity index (χ3v) is 12.7. The van der Waals surface area contributed by atoms with Gasteiger partial charge in [-0.2, -0.15) is 0 Å². The first kappa shape index (κ1) is 20.7. The van der Waals surface area contributed by atoms with E-state index in [1.54, 1.807) is 0 Å². The highest BCUT2D eigenvalue weighted by atomic mass is 79.9. The van der Waals surface area contributed by atoms with Gasteiger partial charge in [0.15, 0.2) is 5.83 Å². The topological polar surface area (TPSA) is 34.1 Å². The fourth-order valence-electron chi connectivity index (χ4n) is 7.13. The summed E-state index contributed by atoms with van der Waals surface area (Å²) in [6.45, 7) is 6.41. The van der Waals surface area contributed by atoms with Gasteiger partial charge in [0.1, 0.15) is 5.78 Å². The highest BCUT2D eigenvalue weighted by Crippen LogP contribution is 2.70. The summed E-state index contributed by atoms with van der Waals surface area (Å²) >= 11 is 11.0. The number of carbonyl (C=O) groups is 2. The zero-order chi connectivity index (χ0) is 19.9. The van der Waals surface area contributed by atoms with Crippen LogP contribution in [-0.4, -0.2) is 26.0 Å². The molecule has 4 aliphatic rings. The van der Waals surface area contributed by atoms with Gasteiger partial charge in [-0.3, -0.25) is 9.59 Å². The van der Waals surface area contributed by atoms with E-state index in [1.165, 1.54) is 0 Å². The van der Waals surface area contributed by atoms with E-state index in [4.69, 9.17) is 0 Å². The Morgan fingerprint density at radius 2 is 1.85 bits per heavy atom. The van der Waals surface area contributed by atoms with E-state index >= 15 is 4.39 Å². The molecule has 6 heteroatoms. The average molecular weight is 569 g/mol. The van der Waals surface area contributed by atoms with Gasteiger partial charge >= 0.3 is 0 Å². The van der Waals surface area contributed by atoms with E-state index in [9.17, 15) is 9.59 Å². The maximum absolute atomic E-state index is 15.4. The molecule has 0 amide bonds. The minimum Gasteiger partial charge on any atom is -0.299 e. The van der Waals surface area contributed by atoms with Crippen molar-refractivity contribution in [2.24, 2.45) is 34.5 Å². The quantitative estimate of drug-likeness (QED) is 0.356. The molecule has 150 valence electrons. The lowest BCUT2D eigenvalue weighted by Crippen LogP contribution is -2.61. The van der Waals surface area contributed by atoms with Crippen LogP contribution in [0.3, 0.4) is 0 Å². The van der Waals surface area contributed by atoms with E-state index in [2.05, 4.69) is 68.6 Å². The predicted octanol–water partition coefficient (Wildman–Crippen LogP) is 6.14. The van der Waals surface area contributed by atoms with Crippen molar-refractivity contribution in [1.82, 2.24) is 0 Å². The molecule has 4 aliphatic carbocycles. The molecule has 2 nitrogen and oxygen atoms in total. The summed E-state index contributed by atoms with van der Waals surface area (Å²) in [7, 11) is 0. The van der Waals surface area contributed by atoms with Crippen molar-refractivity contribution in [2.45, 2.75) is 62.0 Å². The number of Topliss-reactive ketones (excluding diaryl/α,β-unsaturated/α-hetero) is 2. The van der Waals surface area contributed by atoms with Gasteiger partial charge < -0.3 is 0 Å². The predicted molar refractivity (Wildman–Crippen MR) is 115 cm³/mol. The molecule has 27 heavy (non-hydrogen) atoms. The minimum atomic E-state index is -0.575. The van der Waals surface area contributed by atoms with Crippen LogP contribution in [0.25, 0.3) is 0 Å². The number of halogens is 4. The summed E-state index contributed by atoms with van der Waals surface area (Å²) in [5, 5.41) is 0.561. The second-order valence-corrected chi connectivity index (χ2v) is 12.7. The molecule has 3 saturated carbocycles. The molecule has 0 bridgehead atoms. The van der Waals surface area contributed by atoms with Gasteiger partial charge in [0.2, 0.25) is 5.78 Å². The van der Waals surface area contributed by atoms with Crippen LogP contribution in [0.1, 0.15) is 52.9 Å². The van der Waals surface area contributed by atoms with Gasteiger partial charge in [-0.25, -0.2) is 4.39 Å². The number of ketones is 2. The molecule has 3 fully saturated rings. The number of carbonyl (C=O) groups excluding carboxylic acids is 2. The fourth-order valence-corrected chi connectivity index (χ4v) is 9.36. The lowest BCUT2D eigenvalue weighted by atomic mass is 9.43. The van der Waals surface area contributed by atoms with Crippen LogP contribution in [0.5, 0.6) is 0 Å². The Morgan fingerprint density at radius 3 is 2.48 bits per heavy atom. The summed E-state index contributed by atoms with van der Waals surface area (Å²) in [6, 6.07) is 0. The van der Waals surface area contributed by atoms with Gasteiger partial charge in [0, 0.05) is 22.6 Å². The van der Waals surface area contributed by atoms with Crippen LogP contribution >= 0.6 is 47.8 Å². The van der Waals surface area contributed by atoms with Crippen LogP contribution in [0.15, 0.2) is 11.4 Å². The number of fused-ring (bicyclic) bond motifs is 5. The van der Waals surface area contributed by atoms with Crippen molar-refractivity contribution < 1.29 is 14.0 Å². The largest absolute Gasteiger partial charge is 0.299 e. The molecule has 3 unspecified atom stereocenters. The average Bonchev–Trinajstić information content (AvgIpc) is 2.93. The summed E-state index contributed by atoms with van der Waals surface area (Å²) in [6.07, 6.45) is 4.23. The number of allylic oxidation sites excluding steroid dienone is 1. The Balaban J connectivity index is 1.90. The lowest BCUT2D eigenvalue weighted by Gasteiger charge is -2.63. The normalized spacial score (nSPS) is 52.5. The van der Waals surface area contributed by atoms with Crippen molar-refractivity contribution in [3.63, 3.8) is 0 Å². The molecule has 0 N–H and O–H groups in total. The third-order valence-electron chi connectivity index (χ3n) is 8.75. The van der Waals surface area contributed by atoms with Gasteiger partial charge in [0.05, 0.1) is 9.15 Å². The molecule has 0 spiro atoms. The molecule has 0 aliphatic heterocycles. The van der Waals surface area contributed by atoms with Crippen molar-refractivity contribution in [3.05, 3.63) is 11.4 Å². The van der Waals surface area contributed by atoms with Crippen LogP contribution in [0.4, 0.5) is 4.39 Å². The first-order valence-corrected chi connectivity index (χ1v) is 12.7. The van der Waals surface area contributed by atoms with E-state index < -0.39 is 26.2 Å². The second-order valence-electron chi connectivity index (χ2n) is 9.62. The Hall–Kier alpha value is 0.450. The standard InChI is InChI=1S/C21H26Br3FO2/c1-10-15(23)17(27)16(25)18-20(10,3)13-6-7-19(2)12(4-5-14(19)26)11(13)8-21(18,24)9-22/h10-13,15H,4-9H2,1-3H3/t10?,11-,12-,13+,15?,19-,20+,21?/m0/s1. The maximum Gasteiger partial charge on any atom is 0.205 e. The molecule has 0 heterocycles. The molecular formula is C21H26Br3FO2. The molecule has 0 aromatic heterocycles. The maximum atomic E-state index is 15.4. The van der Waals surface area contributed by atoms with Crippen molar-refractivity contribution in [2.75, 3.05) is 5.33 Å². The van der Waals surface area contributed by atoms with Gasteiger partial charge in [-0.05, 0) is 54.9 Å². The number of alkyl halides is 3. The Labute approximate surface area is 185 Å². The first-order chi connectivity index (χ1) is 12.5. The van der Waals surface area contributed by atoms with Crippen molar-refractivity contribution in [3.8, 4) is 0 Å². The summed E-state index contributed by atoms with van der Waals surface area (Å²) in [5.41, 5.74) is 0.0347. The van der Waals surface area contributed by atoms with Crippen molar-refractivity contribution in [1.29, 1.82) is 0 Å². The molecule has 8 atom stereocenters. The zero-order valence-electron chi connectivity index (χ0n) is 16.0. The molecule has 0 saturated heterocycles. The molecule has 0 radical (unpaired) electrons. The highest BCUT2D eigenvalue weighted by molar-refractivity contribution is 9.12. The van der Waals surface area contributed by atoms with Gasteiger partial charge in [-0.1, -0.05) is 68.6 Å². The number of rotatable bonds is 1. The number of hydrogen-bond acceptors (Lipinski definition) is 2. The van der Waals surface area contributed by atoms with Crippen LogP contribution < -0.4 is 0 Å². The summed E-state index contributed by atoms with van der Waals surface area (Å²) in [5.74, 6) is 0.467. The van der Waals surface area contributed by atoms with Crippen LogP contribution in [0.2, 0.25) is 0 Å². The lowest BCUT2D eigenvalue weighted by molar-refractivity contribution is -0.134. The zero-order valence-corrected chi connectivity index (χ0v) is 20.7. The van der Waals surface area contributed by atoms with Crippen LogP contribution in [0, 0.1) is 34.5 Å². The van der Waals surface area contributed by atoms with Crippen LogP contribution in [-0.2, 0) is 9.59 Å². The van der Waals surface area contributed by atoms with Gasteiger partial charge in [-0.15, -0.1) is 0 Å². The number of hydrogen-bond donors (Lipinski definition) is 0. The smallest absolute Gasteiger partial charge is 0.205 e. The molecular weight excluding hydrogens is 543 g/mol. The highest BCUT2D eigenvalue weighted by Gasteiger charge is 2.67. The van der Waals surface area contributed by atoms with E-state index in [1.807, 2.05) is 0 Å². The Kier molecular flexibility index (Phi) is 4.96. The second kappa shape index (κ2) is 6.47. The Bertz CT molecular complexity index is 752. The summed E-state index contributed by atoms with van der Waals surface area (Å²) < 4.78 is 14.8. The van der Waals surface area contributed by atoms with E-state index in [0.29, 0.717) is 40.9 Å². The van der Waals surface area contributed by atoms with Crippen molar-refractivity contribution >= 4 is 59.4 Å². The molecule has 0 aromatic rings. The Morgan fingerprint density at radius 1 is 1.19 bits per heavy atom. The molecule has 0 aromatic carbocycles.